The summed E-state index contributed by atoms with van der Waals surface area (Å²) < 4.78 is 0. The Balaban J connectivity index is 2.14. The summed E-state index contributed by atoms with van der Waals surface area (Å²) in [7, 11) is 0. The Hall–Kier alpha value is -1.64. The number of aromatic amines is 1. The van der Waals surface area contributed by atoms with Crippen LogP contribution in [0.25, 0.3) is 10.9 Å². The SMILES string of the molecule is b1cccc2nc(C3C=CC=C3)[nH]c12. The fourth-order valence-corrected chi connectivity index (χ4v) is 1.74. The molecule has 2 aromatic rings. The Morgan fingerprint density at radius 3 is 2.93 bits per heavy atom. The van der Waals surface area contributed by atoms with Crippen molar-refractivity contribution < 1.29 is 0 Å². The van der Waals surface area contributed by atoms with Crippen LogP contribution in [0.2, 0.25) is 0 Å². The monoisotopic (exact) mass is 180 g/mol. The molecule has 0 spiro atoms. The second kappa shape index (κ2) is 2.94. The molecule has 1 N–H and O–H groups in total. The van der Waals surface area contributed by atoms with Crippen molar-refractivity contribution in [2.45, 2.75) is 5.92 Å². The summed E-state index contributed by atoms with van der Waals surface area (Å²) in [6.07, 6.45) is 8.38. The maximum atomic E-state index is 4.54. The van der Waals surface area contributed by atoms with Gasteiger partial charge >= 0.3 is 81.9 Å². The van der Waals surface area contributed by atoms with Crippen molar-refractivity contribution >= 4 is 17.8 Å². The topological polar surface area (TPSA) is 28.7 Å². The molecule has 1 aliphatic rings. The zero-order valence-corrected chi connectivity index (χ0v) is 7.64. The molecule has 0 atom stereocenters. The molecule has 3 rings (SSSR count). The Morgan fingerprint density at radius 2 is 2.14 bits per heavy atom. The Labute approximate surface area is 82.6 Å². The van der Waals surface area contributed by atoms with Gasteiger partial charge in [0.2, 0.25) is 0 Å². The molecule has 0 saturated carbocycles. The molecule has 0 aromatic carbocycles. The number of aromatic nitrogens is 2. The first-order valence-electron chi connectivity index (χ1n) is 4.73. The summed E-state index contributed by atoms with van der Waals surface area (Å²) >= 11 is 0. The van der Waals surface area contributed by atoms with E-state index in [1.807, 2.05) is 25.0 Å². The zero-order chi connectivity index (χ0) is 9.38. The summed E-state index contributed by atoms with van der Waals surface area (Å²) in [4.78, 5) is 7.86. The molecule has 0 bridgehead atoms. The van der Waals surface area contributed by atoms with Crippen molar-refractivity contribution in [3.05, 3.63) is 48.2 Å². The third-order valence-electron chi connectivity index (χ3n) is 2.47. The first-order valence-corrected chi connectivity index (χ1v) is 4.73. The van der Waals surface area contributed by atoms with Crippen LogP contribution in [0.4, 0.5) is 0 Å². The van der Waals surface area contributed by atoms with Crippen LogP contribution in [-0.4, -0.2) is 16.9 Å². The van der Waals surface area contributed by atoms with Crippen molar-refractivity contribution in [1.82, 2.24) is 9.97 Å². The molecular formula is C11H9BN2. The number of H-pyrrole nitrogens is 1. The predicted octanol–water partition coefficient (Wildman–Crippen LogP) is 2.11. The van der Waals surface area contributed by atoms with Gasteiger partial charge in [-0.05, 0) is 0 Å². The second-order valence-electron chi connectivity index (χ2n) is 3.43. The molecule has 0 radical (unpaired) electrons. The van der Waals surface area contributed by atoms with Crippen molar-refractivity contribution in [3.8, 4) is 0 Å². The van der Waals surface area contributed by atoms with Crippen LogP contribution < -0.4 is 0 Å². The van der Waals surface area contributed by atoms with E-state index < -0.39 is 0 Å². The van der Waals surface area contributed by atoms with E-state index in [4.69, 9.17) is 0 Å². The van der Waals surface area contributed by atoms with E-state index in [2.05, 4.69) is 34.3 Å². The minimum atomic E-state index is 0.322. The molecule has 2 nitrogen and oxygen atoms in total. The maximum absolute atomic E-state index is 4.54. The van der Waals surface area contributed by atoms with E-state index in [0.29, 0.717) is 5.92 Å². The molecule has 0 saturated heterocycles. The first kappa shape index (κ1) is 7.74. The number of imidazole rings is 1. The number of hydrogen-bond acceptors (Lipinski definition) is 1. The van der Waals surface area contributed by atoms with Gasteiger partial charge in [-0.25, -0.2) is 0 Å². The van der Waals surface area contributed by atoms with Crippen molar-refractivity contribution in [1.29, 1.82) is 0 Å². The van der Waals surface area contributed by atoms with Gasteiger partial charge in [-0.1, -0.05) is 0 Å². The summed E-state index contributed by atoms with van der Waals surface area (Å²) in [5.74, 6) is 3.36. The van der Waals surface area contributed by atoms with Gasteiger partial charge in [0, 0.05) is 0 Å². The fourth-order valence-electron chi connectivity index (χ4n) is 1.74. The van der Waals surface area contributed by atoms with Gasteiger partial charge in [0.05, 0.1) is 0 Å². The molecule has 0 unspecified atom stereocenters. The van der Waals surface area contributed by atoms with Crippen molar-refractivity contribution in [2.75, 3.05) is 0 Å². The summed E-state index contributed by atoms with van der Waals surface area (Å²) in [5, 5.41) is 0. The van der Waals surface area contributed by atoms with Crippen LogP contribution >= 0.6 is 0 Å². The van der Waals surface area contributed by atoms with E-state index >= 15 is 0 Å². The third kappa shape index (κ3) is 1.13. The Kier molecular flexibility index (Phi) is 1.63. The molecule has 14 heavy (non-hydrogen) atoms. The molecule has 0 fully saturated rings. The van der Waals surface area contributed by atoms with E-state index in [9.17, 15) is 0 Å². The molecule has 2 aromatic heterocycles. The molecular weight excluding hydrogens is 171 g/mol. The number of nitrogens with zero attached hydrogens (tertiary/aromatic N) is 1. The summed E-state index contributed by atoms with van der Waals surface area (Å²) in [6, 6.07) is 4.03. The molecule has 3 heteroatoms. The van der Waals surface area contributed by atoms with E-state index in [0.717, 1.165) is 16.8 Å². The van der Waals surface area contributed by atoms with Crippen molar-refractivity contribution in [3.63, 3.8) is 0 Å². The van der Waals surface area contributed by atoms with Crippen LogP contribution in [0.3, 0.4) is 0 Å². The van der Waals surface area contributed by atoms with Crippen LogP contribution in [-0.2, 0) is 0 Å². The average Bonchev–Trinajstić information content (AvgIpc) is 2.86. The van der Waals surface area contributed by atoms with E-state index in [1.54, 1.807) is 0 Å². The van der Waals surface area contributed by atoms with Crippen LogP contribution in [0, 0.1) is 0 Å². The van der Waals surface area contributed by atoms with Crippen LogP contribution in [0.15, 0.2) is 42.4 Å². The van der Waals surface area contributed by atoms with E-state index in [-0.39, 0.29) is 0 Å². The zero-order valence-electron chi connectivity index (χ0n) is 7.64. The number of allylic oxidation sites excluding steroid dienone is 4. The first-order chi connectivity index (χ1) is 6.93. The normalized spacial score (nSPS) is 15.4. The van der Waals surface area contributed by atoms with Gasteiger partial charge in [-0.2, -0.15) is 0 Å². The Morgan fingerprint density at radius 1 is 1.29 bits per heavy atom. The third-order valence-corrected chi connectivity index (χ3v) is 2.47. The number of rotatable bonds is 1. The van der Waals surface area contributed by atoms with Gasteiger partial charge < -0.3 is 0 Å². The predicted molar refractivity (Wildman–Crippen MR) is 58.5 cm³/mol. The van der Waals surface area contributed by atoms with Crippen molar-refractivity contribution in [2.24, 2.45) is 0 Å². The van der Waals surface area contributed by atoms with Gasteiger partial charge in [-0.3, -0.25) is 0 Å². The molecule has 66 valence electrons. The van der Waals surface area contributed by atoms with Gasteiger partial charge in [-0.15, -0.1) is 0 Å². The Bertz CT molecular complexity index is 480. The number of nitrogens with one attached hydrogen (secondary N) is 1. The number of hydrogen-bond donors (Lipinski definition) is 1. The molecule has 0 amide bonds. The quantitative estimate of drug-likeness (QED) is 0.715. The van der Waals surface area contributed by atoms with Gasteiger partial charge in [0.25, 0.3) is 0 Å². The van der Waals surface area contributed by atoms with Gasteiger partial charge in [0.15, 0.2) is 0 Å². The van der Waals surface area contributed by atoms with Gasteiger partial charge in [0.1, 0.15) is 0 Å². The molecule has 1 aliphatic carbocycles. The van der Waals surface area contributed by atoms with Crippen LogP contribution in [0.1, 0.15) is 11.7 Å². The average molecular weight is 180 g/mol. The second-order valence-corrected chi connectivity index (χ2v) is 3.43. The minimum absolute atomic E-state index is 0.322. The summed E-state index contributed by atoms with van der Waals surface area (Å²) in [5.41, 5.74) is 2.15. The van der Waals surface area contributed by atoms with E-state index in [1.165, 1.54) is 0 Å². The standard InChI is InChI=1S/C11H9BN2/c1-2-5-8(4-1)11-13-9-6-3-7-12-10(9)14-11/h1-8H,(H,13,14). The molecule has 2 heterocycles. The number of fused-ring (bicyclic) bond motifs is 1. The molecule has 0 aliphatic heterocycles. The fraction of sp³-hybridized carbons (Fsp3) is 0.0909. The summed E-state index contributed by atoms with van der Waals surface area (Å²) in [6.45, 7) is 2.05. The van der Waals surface area contributed by atoms with Crippen LogP contribution in [0.5, 0.6) is 0 Å².